The minimum atomic E-state index is -0.116. The highest BCUT2D eigenvalue weighted by Crippen LogP contribution is 2.59. The van der Waals surface area contributed by atoms with Crippen LogP contribution in [-0.2, 0) is 27.1 Å². The lowest BCUT2D eigenvalue weighted by Gasteiger charge is -2.54. The van der Waals surface area contributed by atoms with Gasteiger partial charge in [0.15, 0.2) is 11.5 Å². The molecule has 2 aliphatic carbocycles. The van der Waals surface area contributed by atoms with Crippen molar-refractivity contribution in [3.8, 4) is 22.6 Å². The molecule has 0 radical (unpaired) electrons. The van der Waals surface area contributed by atoms with Crippen LogP contribution in [0.4, 0.5) is 34.1 Å². The Labute approximate surface area is 456 Å². The van der Waals surface area contributed by atoms with Crippen LogP contribution in [0.3, 0.4) is 0 Å². The first kappa shape index (κ1) is 48.9. The van der Waals surface area contributed by atoms with Crippen LogP contribution in [0.25, 0.3) is 21.2 Å². The molecular weight excluding hydrogens is 942 g/mol. The highest BCUT2D eigenvalue weighted by molar-refractivity contribution is 7.32. The molecule has 0 amide bonds. The highest BCUT2D eigenvalue weighted by Gasteiger charge is 2.55. The lowest BCUT2D eigenvalue weighted by atomic mass is 9.30. The van der Waals surface area contributed by atoms with Gasteiger partial charge in [0.1, 0.15) is 0 Å². The molecule has 76 heavy (non-hydrogen) atoms. The van der Waals surface area contributed by atoms with Crippen molar-refractivity contribution in [1.82, 2.24) is 0 Å². The zero-order valence-corrected chi connectivity index (χ0v) is 47.7. The number of anilines is 6. The summed E-state index contributed by atoms with van der Waals surface area (Å²) in [6.45, 7) is 31.1. The Kier molecular flexibility index (Phi) is 10.8. The highest BCUT2D eigenvalue weighted by atomic mass is 32.1. The maximum absolute atomic E-state index is 6.76. The second-order valence-electron chi connectivity index (χ2n) is 26.9. The minimum absolute atomic E-state index is 0.00363. The molecule has 2 atom stereocenters. The van der Waals surface area contributed by atoms with Crippen LogP contribution in [0, 0.1) is 0 Å². The Morgan fingerprint density at radius 3 is 1.75 bits per heavy atom. The third-order valence-electron chi connectivity index (χ3n) is 17.8. The monoisotopic (exact) mass is 1010 g/mol. The van der Waals surface area contributed by atoms with Crippen LogP contribution in [0.5, 0.6) is 11.5 Å². The molecule has 4 nitrogen and oxygen atoms in total. The van der Waals surface area contributed by atoms with Gasteiger partial charge in [-0.05, 0) is 158 Å². The number of fused-ring (bicyclic) bond motifs is 9. The van der Waals surface area contributed by atoms with E-state index in [1.165, 1.54) is 87.7 Å². The fourth-order valence-electron chi connectivity index (χ4n) is 13.3. The third-order valence-corrected chi connectivity index (χ3v) is 19.0. The van der Waals surface area contributed by atoms with Gasteiger partial charge < -0.3 is 19.4 Å². The van der Waals surface area contributed by atoms with Crippen molar-refractivity contribution in [2.75, 3.05) is 14.7 Å². The van der Waals surface area contributed by atoms with Crippen LogP contribution in [0.15, 0.2) is 175 Å². The summed E-state index contributed by atoms with van der Waals surface area (Å²) in [5.74, 6) is 1.73. The zero-order valence-electron chi connectivity index (χ0n) is 46.9. The number of rotatable bonds is 4. The Balaban J connectivity index is 1.19. The number of ether oxygens (including phenoxy) is 1. The number of hydrogen-bond donors (Lipinski definition) is 0. The van der Waals surface area contributed by atoms with Gasteiger partial charge in [0, 0.05) is 54.7 Å². The van der Waals surface area contributed by atoms with Gasteiger partial charge in [-0.15, -0.1) is 11.3 Å². The summed E-state index contributed by atoms with van der Waals surface area (Å²) in [5, 5.41) is 1.33. The topological polar surface area (TPSA) is 19.0 Å². The standard InChI is InChI=1S/C70H72BN3OS/c1-66(2,3)44-27-31-47(32-28-44)73-58-39-48(72-55-23-17-19-25-60(55)75-61-26-20-18-24-56(61)72)40-59-63(58)71(65-64(73)50-38-46(68(7,8)9)30-34-62(50)76-65)53-41-51-52(70(12,13)36-35-69(51,10)11)42-57(53)74(59)54-33-29-45(67(4,5)6)37-49(54)43-21-15-14-16-22-43/h14-34,37-42,59,63H,35-36H2,1-13H3. The van der Waals surface area contributed by atoms with Gasteiger partial charge in [-0.2, -0.15) is 0 Å². The smallest absolute Gasteiger partial charge is 0.239 e. The predicted molar refractivity (Wildman–Crippen MR) is 326 cm³/mol. The summed E-state index contributed by atoms with van der Waals surface area (Å²) in [4.78, 5) is 8.01. The van der Waals surface area contributed by atoms with Gasteiger partial charge in [0.05, 0.1) is 23.1 Å². The average molecular weight is 1010 g/mol. The van der Waals surface area contributed by atoms with E-state index in [0.717, 1.165) is 41.4 Å². The first-order valence-corrected chi connectivity index (χ1v) is 28.6. The van der Waals surface area contributed by atoms with E-state index in [0.29, 0.717) is 0 Å². The van der Waals surface area contributed by atoms with Crippen LogP contribution in [-0.4, -0.2) is 12.8 Å². The predicted octanol–water partition coefficient (Wildman–Crippen LogP) is 18.2. The van der Waals surface area contributed by atoms with Crippen molar-refractivity contribution >= 4 is 72.5 Å². The first-order valence-electron chi connectivity index (χ1n) is 27.8. The normalized spacial score (nSPS) is 19.1. The van der Waals surface area contributed by atoms with E-state index in [9.17, 15) is 0 Å². The maximum atomic E-state index is 6.76. The molecule has 382 valence electrons. The third kappa shape index (κ3) is 7.66. The van der Waals surface area contributed by atoms with E-state index in [4.69, 9.17) is 4.74 Å². The number of para-hydroxylation sites is 4. The van der Waals surface area contributed by atoms with Gasteiger partial charge in [-0.1, -0.05) is 175 Å². The largest absolute Gasteiger partial charge is 0.453 e. The SMILES string of the molecule is CC(C)(C)c1ccc(N2C3=CC(N4c5ccccc5Oc5ccccc54)=CC4C3B(c3cc5c(cc3N4c3ccc(C(C)(C)C)cc3-c3ccccc3)C(C)(C)CCC5(C)C)c3sc4ccc(C(C)(C)C)cc4c32)cc1. The number of thiophene rings is 1. The van der Waals surface area contributed by atoms with Gasteiger partial charge in [0.25, 0.3) is 0 Å². The molecule has 13 rings (SSSR count). The average Bonchev–Trinajstić information content (AvgIpc) is 3.78. The maximum Gasteiger partial charge on any atom is 0.239 e. The van der Waals surface area contributed by atoms with Crippen molar-refractivity contribution < 1.29 is 4.74 Å². The minimum Gasteiger partial charge on any atom is -0.453 e. The first-order chi connectivity index (χ1) is 36.1. The molecule has 7 aromatic carbocycles. The van der Waals surface area contributed by atoms with E-state index in [1.807, 2.05) is 11.3 Å². The quantitative estimate of drug-likeness (QED) is 0.164. The van der Waals surface area contributed by atoms with E-state index in [1.54, 1.807) is 0 Å². The number of benzene rings is 7. The van der Waals surface area contributed by atoms with Gasteiger partial charge in [-0.25, -0.2) is 0 Å². The molecule has 5 aliphatic rings. The van der Waals surface area contributed by atoms with E-state index >= 15 is 0 Å². The number of nitrogens with zero attached hydrogens (tertiary/aromatic N) is 3. The van der Waals surface area contributed by atoms with E-state index < -0.39 is 0 Å². The Hall–Kier alpha value is -6.76. The fraction of sp³-hybridized carbons (Fsp3) is 0.314. The van der Waals surface area contributed by atoms with Gasteiger partial charge in [0.2, 0.25) is 6.71 Å². The zero-order chi connectivity index (χ0) is 53.0. The lowest BCUT2D eigenvalue weighted by molar-refractivity contribution is 0.332. The van der Waals surface area contributed by atoms with Crippen molar-refractivity contribution in [1.29, 1.82) is 0 Å². The molecule has 0 saturated heterocycles. The Bertz CT molecular complexity index is 3680. The van der Waals surface area contributed by atoms with Crippen molar-refractivity contribution in [3.63, 3.8) is 0 Å². The Morgan fingerprint density at radius 1 is 0.553 bits per heavy atom. The van der Waals surface area contributed by atoms with Crippen LogP contribution in [0.1, 0.15) is 131 Å². The van der Waals surface area contributed by atoms with E-state index in [2.05, 4.69) is 269 Å². The molecule has 0 bridgehead atoms. The summed E-state index contributed by atoms with van der Waals surface area (Å²) >= 11 is 2.03. The van der Waals surface area contributed by atoms with Crippen molar-refractivity contribution in [2.24, 2.45) is 0 Å². The molecule has 0 fully saturated rings. The Morgan fingerprint density at radius 2 is 1.12 bits per heavy atom. The number of allylic oxidation sites excluding steroid dienone is 1. The molecule has 4 heterocycles. The molecule has 8 aromatic rings. The molecule has 0 saturated carbocycles. The summed E-state index contributed by atoms with van der Waals surface area (Å²) in [7, 11) is 0. The van der Waals surface area contributed by atoms with Crippen LogP contribution in [0.2, 0.25) is 5.82 Å². The summed E-state index contributed by atoms with van der Waals surface area (Å²) in [6.07, 6.45) is 7.50. The molecule has 0 spiro atoms. The molecular formula is C70H72BN3OS. The lowest BCUT2D eigenvalue weighted by Crippen LogP contribution is -2.63. The van der Waals surface area contributed by atoms with Gasteiger partial charge in [-0.3, -0.25) is 0 Å². The summed E-state index contributed by atoms with van der Waals surface area (Å²) in [6, 6.07) is 57.9. The number of hydrogen-bond acceptors (Lipinski definition) is 5. The second kappa shape index (κ2) is 16.9. The second-order valence-corrected chi connectivity index (χ2v) is 28.0. The van der Waals surface area contributed by atoms with Crippen molar-refractivity contribution in [2.45, 2.75) is 142 Å². The molecule has 6 heteroatoms. The fourth-order valence-corrected chi connectivity index (χ4v) is 14.6. The molecule has 0 N–H and O–H groups in total. The molecule has 2 unspecified atom stereocenters. The summed E-state index contributed by atoms with van der Waals surface area (Å²) < 4.78 is 9.54. The molecule has 3 aliphatic heterocycles. The summed E-state index contributed by atoms with van der Waals surface area (Å²) in [5.41, 5.74) is 20.4. The van der Waals surface area contributed by atoms with Crippen LogP contribution < -0.4 is 29.7 Å². The van der Waals surface area contributed by atoms with Gasteiger partial charge >= 0.3 is 0 Å². The van der Waals surface area contributed by atoms with Crippen molar-refractivity contribution in [3.05, 3.63) is 203 Å². The van der Waals surface area contributed by atoms with E-state index in [-0.39, 0.29) is 45.6 Å². The van der Waals surface area contributed by atoms with Crippen LogP contribution >= 0.6 is 11.3 Å². The molecule has 1 aromatic heterocycles.